The van der Waals surface area contributed by atoms with Crippen molar-refractivity contribution in [2.45, 2.75) is 19.8 Å². The second-order valence-corrected chi connectivity index (χ2v) is 8.42. The number of carbonyl (C=O) groups excluding carboxylic acids is 1. The van der Waals surface area contributed by atoms with Crippen LogP contribution >= 0.6 is 23.6 Å². The van der Waals surface area contributed by atoms with Crippen LogP contribution in [-0.4, -0.2) is 76.0 Å². The third-order valence-corrected chi connectivity index (χ3v) is 6.01. The van der Waals surface area contributed by atoms with Crippen LogP contribution in [0, 0.1) is 0 Å². The van der Waals surface area contributed by atoms with Crippen LogP contribution < -0.4 is 16.0 Å². The SMILES string of the molecule is C1COCCN1.C1COCC[NH2+]1.CCOC(=O)C1=C(C)NC(=S)C(=C=[N-])C1c1cccs1. The van der Waals surface area contributed by atoms with Crippen LogP contribution in [0.15, 0.2) is 34.4 Å². The summed E-state index contributed by atoms with van der Waals surface area (Å²) in [5, 5.41) is 19.6. The topological polar surface area (TPSA) is 108 Å². The summed E-state index contributed by atoms with van der Waals surface area (Å²) < 4.78 is 15.2. The number of nitrogens with zero attached hydrogens (tertiary/aromatic N) is 1. The molecule has 8 nitrogen and oxygen atoms in total. The summed E-state index contributed by atoms with van der Waals surface area (Å²) in [5.74, 6) is 1.27. The first kappa shape index (κ1) is 26.3. The monoisotopic (exact) mass is 480 g/mol. The van der Waals surface area contributed by atoms with Crippen molar-refractivity contribution in [1.82, 2.24) is 10.6 Å². The van der Waals surface area contributed by atoms with E-state index in [4.69, 9.17) is 26.4 Å². The number of thiocarbonyl (C=S) groups is 1. The first-order chi connectivity index (χ1) is 15.6. The smallest absolute Gasteiger partial charge is 0.336 e. The molecule has 1 unspecified atom stereocenters. The fourth-order valence-electron chi connectivity index (χ4n) is 3.23. The van der Waals surface area contributed by atoms with Gasteiger partial charge >= 0.3 is 5.97 Å². The highest BCUT2D eigenvalue weighted by atomic mass is 32.1. The predicted octanol–water partition coefficient (Wildman–Crippen LogP) is 0.951. The van der Waals surface area contributed by atoms with Gasteiger partial charge in [0.2, 0.25) is 0 Å². The Hall–Kier alpha value is -1.91. The van der Waals surface area contributed by atoms with Gasteiger partial charge in [-0.3, -0.25) is 5.87 Å². The maximum Gasteiger partial charge on any atom is 0.336 e. The van der Waals surface area contributed by atoms with Crippen LogP contribution in [0.25, 0.3) is 5.41 Å². The molecule has 176 valence electrons. The lowest BCUT2D eigenvalue weighted by atomic mass is 9.86. The zero-order valence-electron chi connectivity index (χ0n) is 18.6. The van der Waals surface area contributed by atoms with Crippen LogP contribution in [0.4, 0.5) is 0 Å². The number of carbonyl (C=O) groups is 1. The molecule has 4 N–H and O–H groups in total. The molecule has 2 fully saturated rings. The van der Waals surface area contributed by atoms with Gasteiger partial charge < -0.3 is 35.6 Å². The van der Waals surface area contributed by atoms with Crippen LogP contribution in [0.3, 0.4) is 0 Å². The van der Waals surface area contributed by atoms with E-state index in [-0.39, 0.29) is 0 Å². The summed E-state index contributed by atoms with van der Waals surface area (Å²) >= 11 is 6.70. The number of morpholine rings is 2. The molecule has 0 spiro atoms. The highest BCUT2D eigenvalue weighted by Crippen LogP contribution is 2.38. The van der Waals surface area contributed by atoms with Crippen LogP contribution in [-0.2, 0) is 19.0 Å². The van der Waals surface area contributed by atoms with Gasteiger partial charge in [0.25, 0.3) is 0 Å². The summed E-state index contributed by atoms with van der Waals surface area (Å²) in [6.07, 6.45) is 0. The lowest BCUT2D eigenvalue weighted by Gasteiger charge is -2.29. The zero-order chi connectivity index (χ0) is 23.2. The number of hydrogen-bond acceptors (Lipinski definition) is 7. The standard InChI is InChI=1S/C14H13N2O2S2.2C4H9NO/c1-3-18-14(17)11-8(2)16-13(19)9(7-15)12(11)10-5-4-6-20-10;2*1-3-6-4-2-5-1/h4-6,12H,3H2,1-2H3,(H,16,19);2*5H,1-4H2/q-1;;/p+1. The Balaban J connectivity index is 0.000000243. The molecule has 4 heterocycles. The molecule has 10 heteroatoms. The van der Waals surface area contributed by atoms with E-state index in [2.05, 4.69) is 21.8 Å². The summed E-state index contributed by atoms with van der Waals surface area (Å²) in [6.45, 7) is 11.8. The van der Waals surface area contributed by atoms with Crippen molar-refractivity contribution in [3.8, 4) is 0 Å². The van der Waals surface area contributed by atoms with Crippen molar-refractivity contribution >= 4 is 40.4 Å². The molecule has 0 aliphatic carbocycles. The second-order valence-electron chi connectivity index (χ2n) is 7.03. The average molecular weight is 481 g/mol. The number of thiophene rings is 1. The molecule has 1 atom stereocenters. The lowest BCUT2D eigenvalue weighted by molar-refractivity contribution is -0.670. The normalized spacial score (nSPS) is 20.6. The minimum atomic E-state index is -0.437. The Kier molecular flexibility index (Phi) is 12.4. The van der Waals surface area contributed by atoms with E-state index in [1.165, 1.54) is 11.3 Å². The summed E-state index contributed by atoms with van der Waals surface area (Å²) in [5.41, 5.74) is 1.49. The fraction of sp³-hybridized carbons (Fsp3) is 0.545. The first-order valence-electron chi connectivity index (χ1n) is 10.8. The molecule has 32 heavy (non-hydrogen) atoms. The molecule has 1 aromatic rings. The molecular formula is C22H32N4O4S2. The van der Waals surface area contributed by atoms with E-state index in [0.29, 0.717) is 28.4 Å². The van der Waals surface area contributed by atoms with Gasteiger partial charge in [0.1, 0.15) is 4.99 Å². The van der Waals surface area contributed by atoms with Crippen molar-refractivity contribution < 1.29 is 24.3 Å². The Morgan fingerprint density at radius 2 is 2.00 bits per heavy atom. The fourth-order valence-corrected chi connectivity index (χ4v) is 4.39. The number of nitrogens with one attached hydrogen (secondary N) is 2. The van der Waals surface area contributed by atoms with Gasteiger partial charge in [0.05, 0.1) is 57.6 Å². The van der Waals surface area contributed by atoms with E-state index in [0.717, 1.165) is 57.5 Å². The van der Waals surface area contributed by atoms with Gasteiger partial charge in [0.15, 0.2) is 0 Å². The number of ether oxygens (including phenoxy) is 3. The van der Waals surface area contributed by atoms with Crippen molar-refractivity contribution in [2.75, 3.05) is 59.2 Å². The Morgan fingerprint density at radius 1 is 1.31 bits per heavy atom. The first-order valence-corrected chi connectivity index (χ1v) is 12.1. The van der Waals surface area contributed by atoms with Gasteiger partial charge in [-0.1, -0.05) is 18.3 Å². The molecule has 1 aromatic heterocycles. The number of quaternary nitrogens is 1. The maximum atomic E-state index is 12.2. The van der Waals surface area contributed by atoms with E-state index >= 15 is 0 Å². The zero-order valence-corrected chi connectivity index (χ0v) is 20.3. The molecule has 3 aliphatic rings. The van der Waals surface area contributed by atoms with Gasteiger partial charge in [-0.15, -0.1) is 11.3 Å². The summed E-state index contributed by atoms with van der Waals surface area (Å²) in [7, 11) is 0. The highest BCUT2D eigenvalue weighted by molar-refractivity contribution is 7.80. The van der Waals surface area contributed by atoms with E-state index < -0.39 is 11.9 Å². The van der Waals surface area contributed by atoms with E-state index in [1.54, 1.807) is 13.8 Å². The third-order valence-electron chi connectivity index (χ3n) is 4.75. The highest BCUT2D eigenvalue weighted by Gasteiger charge is 2.35. The third kappa shape index (κ3) is 8.22. The minimum Gasteiger partial charge on any atom is -0.763 e. The summed E-state index contributed by atoms with van der Waals surface area (Å²) in [6, 6.07) is 3.78. The van der Waals surface area contributed by atoms with E-state index in [9.17, 15) is 10.2 Å². The van der Waals surface area contributed by atoms with Gasteiger partial charge in [-0.2, -0.15) is 0 Å². The van der Waals surface area contributed by atoms with Gasteiger partial charge in [0, 0.05) is 29.2 Å². The Labute approximate surface area is 198 Å². The lowest BCUT2D eigenvalue weighted by Crippen LogP contribution is -2.87. The largest absolute Gasteiger partial charge is 0.763 e. The summed E-state index contributed by atoms with van der Waals surface area (Å²) in [4.78, 5) is 13.5. The molecule has 0 radical (unpaired) electrons. The Bertz CT molecular complexity index is 777. The number of hydrogen-bond donors (Lipinski definition) is 3. The van der Waals surface area contributed by atoms with Crippen LogP contribution in [0.5, 0.6) is 0 Å². The number of rotatable bonds is 3. The van der Waals surface area contributed by atoms with Gasteiger partial charge in [-0.05, 0) is 25.3 Å². The van der Waals surface area contributed by atoms with Crippen LogP contribution in [0.2, 0.25) is 0 Å². The van der Waals surface area contributed by atoms with Gasteiger partial charge in [-0.25, -0.2) is 4.79 Å². The van der Waals surface area contributed by atoms with E-state index in [1.807, 2.05) is 17.5 Å². The predicted molar refractivity (Wildman–Crippen MR) is 130 cm³/mol. The second kappa shape index (κ2) is 15.0. The molecule has 0 aromatic carbocycles. The minimum absolute atomic E-state index is 0.291. The van der Waals surface area contributed by atoms with Crippen molar-refractivity contribution in [3.05, 3.63) is 44.6 Å². The molecule has 3 aliphatic heterocycles. The van der Waals surface area contributed by atoms with Crippen molar-refractivity contribution in [2.24, 2.45) is 0 Å². The molecular weight excluding hydrogens is 448 g/mol. The molecule has 0 amide bonds. The quantitative estimate of drug-likeness (QED) is 0.256. The molecule has 2 saturated heterocycles. The average Bonchev–Trinajstić information content (AvgIpc) is 3.36. The van der Waals surface area contributed by atoms with Crippen LogP contribution in [0.1, 0.15) is 24.6 Å². The number of allylic oxidation sites excluding steroid dienone is 1. The Morgan fingerprint density at radius 3 is 2.41 bits per heavy atom. The molecule has 0 bridgehead atoms. The number of esters is 1. The maximum absolute atomic E-state index is 12.2. The molecule has 4 rings (SSSR count). The molecule has 0 saturated carbocycles. The van der Waals surface area contributed by atoms with Crippen molar-refractivity contribution in [1.29, 1.82) is 0 Å². The van der Waals surface area contributed by atoms with Crippen molar-refractivity contribution in [3.63, 3.8) is 0 Å². The number of nitrogens with two attached hydrogens (primary N) is 1.